The molecule has 0 unspecified atom stereocenters. The highest BCUT2D eigenvalue weighted by Gasteiger charge is 2.16. The molecule has 1 heteroatoms. The maximum atomic E-state index is 2.60. The molecule has 0 aromatic rings. The first kappa shape index (κ1) is 15.7. The Morgan fingerprint density at radius 2 is 1.39 bits per heavy atom. The van der Waals surface area contributed by atoms with Crippen molar-refractivity contribution in [2.24, 2.45) is 0 Å². The molecule has 1 rings (SSSR count). The van der Waals surface area contributed by atoms with Crippen molar-refractivity contribution in [1.82, 2.24) is 0 Å². The highest BCUT2D eigenvalue weighted by molar-refractivity contribution is 5.77. The quantitative estimate of drug-likeness (QED) is 0.352. The van der Waals surface area contributed by atoms with Gasteiger partial charge < -0.3 is 0 Å². The van der Waals surface area contributed by atoms with Crippen molar-refractivity contribution in [3.05, 3.63) is 0 Å². The Bertz CT molecular complexity index is 230. The maximum absolute atomic E-state index is 2.60. The zero-order valence-corrected chi connectivity index (χ0v) is 12.8. The molecule has 0 saturated carbocycles. The Balaban J connectivity index is 1.80. The second-order valence-corrected chi connectivity index (χ2v) is 6.01. The lowest BCUT2D eigenvalue weighted by atomic mass is 10.1. The zero-order valence-electron chi connectivity index (χ0n) is 12.8. The molecule has 18 heavy (non-hydrogen) atoms. The van der Waals surface area contributed by atoms with E-state index in [0.717, 1.165) is 0 Å². The number of rotatable bonds is 11. The Labute approximate surface area is 115 Å². The van der Waals surface area contributed by atoms with Gasteiger partial charge in [-0.3, -0.25) is 0 Å². The molecule has 1 aliphatic heterocycles. The topological polar surface area (TPSA) is 3.01 Å². The van der Waals surface area contributed by atoms with Gasteiger partial charge in [-0.15, -0.1) is 0 Å². The molecule has 1 aliphatic rings. The average molecular weight is 252 g/mol. The Hall–Kier alpha value is -0.330. The highest BCUT2D eigenvalue weighted by atomic mass is 15.0. The van der Waals surface area contributed by atoms with Crippen molar-refractivity contribution in [2.45, 2.75) is 90.9 Å². The Morgan fingerprint density at radius 3 is 1.89 bits per heavy atom. The molecule has 0 aromatic carbocycles. The average Bonchev–Trinajstić information content (AvgIpc) is 2.77. The molecule has 0 amide bonds. The van der Waals surface area contributed by atoms with Crippen LogP contribution in [0.25, 0.3) is 0 Å². The van der Waals surface area contributed by atoms with Crippen LogP contribution in [0.4, 0.5) is 0 Å². The van der Waals surface area contributed by atoms with Crippen molar-refractivity contribution in [3.63, 3.8) is 0 Å². The molecule has 0 saturated heterocycles. The molecule has 0 aromatic heterocycles. The molecule has 1 nitrogen and oxygen atoms in total. The first-order valence-corrected chi connectivity index (χ1v) is 8.42. The van der Waals surface area contributed by atoms with Crippen molar-refractivity contribution in [3.8, 4) is 0 Å². The third-order valence-corrected chi connectivity index (χ3v) is 4.29. The highest BCUT2D eigenvalue weighted by Crippen LogP contribution is 2.11. The van der Waals surface area contributed by atoms with Crippen molar-refractivity contribution >= 4 is 5.71 Å². The molecular formula is C17H34N+. The fourth-order valence-electron chi connectivity index (χ4n) is 2.97. The largest absolute Gasteiger partial charge is 0.237 e. The molecule has 0 N–H and O–H groups in total. The van der Waals surface area contributed by atoms with Crippen LogP contribution in [0.5, 0.6) is 0 Å². The second-order valence-electron chi connectivity index (χ2n) is 6.01. The van der Waals surface area contributed by atoms with E-state index in [9.17, 15) is 0 Å². The number of nitrogens with zero attached hydrogens (tertiary/aromatic N) is 1. The summed E-state index contributed by atoms with van der Waals surface area (Å²) in [5.41, 5.74) is 1.63. The van der Waals surface area contributed by atoms with Crippen molar-refractivity contribution in [2.75, 3.05) is 13.1 Å². The van der Waals surface area contributed by atoms with Gasteiger partial charge in [0.2, 0.25) is 0 Å². The molecule has 0 aliphatic carbocycles. The molecule has 0 fully saturated rings. The van der Waals surface area contributed by atoms with Crippen LogP contribution in [0.3, 0.4) is 0 Å². The van der Waals surface area contributed by atoms with Crippen LogP contribution in [-0.2, 0) is 0 Å². The van der Waals surface area contributed by atoms with Gasteiger partial charge in [-0.1, -0.05) is 58.3 Å². The van der Waals surface area contributed by atoms with Gasteiger partial charge in [0, 0.05) is 26.2 Å². The minimum Gasteiger partial charge on any atom is -0.237 e. The predicted molar refractivity (Wildman–Crippen MR) is 81.8 cm³/mol. The maximum Gasteiger partial charge on any atom is 0.149 e. The van der Waals surface area contributed by atoms with E-state index < -0.39 is 0 Å². The summed E-state index contributed by atoms with van der Waals surface area (Å²) in [6.07, 6.45) is 17.2. The molecule has 0 radical (unpaired) electrons. The predicted octanol–water partition coefficient (Wildman–Crippen LogP) is 5.17. The van der Waals surface area contributed by atoms with E-state index in [-0.39, 0.29) is 0 Å². The molecule has 106 valence electrons. The van der Waals surface area contributed by atoms with Crippen LogP contribution >= 0.6 is 0 Å². The van der Waals surface area contributed by atoms with Gasteiger partial charge in [-0.05, 0) is 6.42 Å². The van der Waals surface area contributed by atoms with E-state index in [1.807, 2.05) is 0 Å². The lowest BCUT2D eigenvalue weighted by molar-refractivity contribution is -0.520. The van der Waals surface area contributed by atoms with E-state index in [0.29, 0.717) is 0 Å². The third kappa shape index (κ3) is 7.18. The molecule has 1 heterocycles. The first-order chi connectivity index (χ1) is 8.84. The standard InChI is InChI=1S/C17H34N/c1-3-4-5-6-7-8-9-10-11-12-15-18-16-13-14-17(18)2/h3-16H2,1-2H3/q+1. The Kier molecular flexibility index (Phi) is 9.24. The van der Waals surface area contributed by atoms with Gasteiger partial charge in [-0.25, -0.2) is 4.58 Å². The number of hydrogen-bond acceptors (Lipinski definition) is 0. The summed E-state index contributed by atoms with van der Waals surface area (Å²) in [6, 6.07) is 0. The fraction of sp³-hybridized carbons (Fsp3) is 0.941. The molecule has 0 spiro atoms. The van der Waals surface area contributed by atoms with Gasteiger partial charge >= 0.3 is 0 Å². The van der Waals surface area contributed by atoms with E-state index >= 15 is 0 Å². The van der Waals surface area contributed by atoms with Crippen molar-refractivity contribution < 1.29 is 4.58 Å². The summed E-state index contributed by atoms with van der Waals surface area (Å²) >= 11 is 0. The van der Waals surface area contributed by atoms with Crippen molar-refractivity contribution in [1.29, 1.82) is 0 Å². The monoisotopic (exact) mass is 252 g/mol. The summed E-state index contributed by atoms with van der Waals surface area (Å²) in [5, 5.41) is 0. The van der Waals surface area contributed by atoms with E-state index in [1.165, 1.54) is 90.1 Å². The lowest BCUT2D eigenvalue weighted by Crippen LogP contribution is -2.14. The van der Waals surface area contributed by atoms with Crippen LogP contribution in [0.15, 0.2) is 0 Å². The van der Waals surface area contributed by atoms with Gasteiger partial charge in [0.1, 0.15) is 18.8 Å². The molecule has 0 atom stereocenters. The smallest absolute Gasteiger partial charge is 0.149 e. The van der Waals surface area contributed by atoms with Crippen LogP contribution < -0.4 is 0 Å². The van der Waals surface area contributed by atoms with E-state index in [2.05, 4.69) is 18.4 Å². The summed E-state index contributed by atoms with van der Waals surface area (Å²) in [7, 11) is 0. The minimum absolute atomic E-state index is 1.32. The van der Waals surface area contributed by atoms with Crippen LogP contribution in [0.1, 0.15) is 90.9 Å². The van der Waals surface area contributed by atoms with E-state index in [1.54, 1.807) is 5.71 Å². The van der Waals surface area contributed by atoms with E-state index in [4.69, 9.17) is 0 Å². The van der Waals surface area contributed by atoms with Gasteiger partial charge in [0.05, 0.1) is 0 Å². The second kappa shape index (κ2) is 10.6. The van der Waals surface area contributed by atoms with Gasteiger partial charge in [0.25, 0.3) is 0 Å². The summed E-state index contributed by atoms with van der Waals surface area (Å²) in [6.45, 7) is 7.24. The van der Waals surface area contributed by atoms with Crippen LogP contribution in [0, 0.1) is 0 Å². The first-order valence-electron chi connectivity index (χ1n) is 8.42. The number of hydrogen-bond donors (Lipinski definition) is 0. The normalized spacial score (nSPS) is 15.7. The van der Waals surface area contributed by atoms with Gasteiger partial charge in [-0.2, -0.15) is 0 Å². The minimum atomic E-state index is 1.32. The lowest BCUT2D eigenvalue weighted by Gasteiger charge is -2.02. The molecule has 0 bridgehead atoms. The summed E-state index contributed by atoms with van der Waals surface area (Å²) in [5.74, 6) is 0. The number of unbranched alkanes of at least 4 members (excludes halogenated alkanes) is 9. The van der Waals surface area contributed by atoms with Crippen LogP contribution in [-0.4, -0.2) is 23.4 Å². The summed E-state index contributed by atoms with van der Waals surface area (Å²) < 4.78 is 2.60. The third-order valence-electron chi connectivity index (χ3n) is 4.29. The Morgan fingerprint density at radius 1 is 0.833 bits per heavy atom. The van der Waals surface area contributed by atoms with Gasteiger partial charge in [0.15, 0.2) is 0 Å². The fourth-order valence-corrected chi connectivity index (χ4v) is 2.97. The SMILES string of the molecule is CCCCCCCCCCCC[N+]1=C(C)CCC1. The van der Waals surface area contributed by atoms with Crippen LogP contribution in [0.2, 0.25) is 0 Å². The molecular weight excluding hydrogens is 218 g/mol. The zero-order chi connectivity index (χ0) is 13.1. The summed E-state index contributed by atoms with van der Waals surface area (Å²) in [4.78, 5) is 0.